The standard InChI is InChI=1S/C21H22ClF3N4O2/c1-3-28(19(31)12-29-11-16(22)4-5-18(29)30)7-6-13(2)17-9-14-8-15(21(23,24)25)10-26-20(14)27-17/h4-5,8-11,13H,3,6-7,12H2,1-2H3,(H,26,27). The normalized spacial score (nSPS) is 12.8. The predicted octanol–water partition coefficient (Wildman–Crippen LogP) is 4.44. The number of hydrogen-bond acceptors (Lipinski definition) is 3. The van der Waals surface area contributed by atoms with E-state index < -0.39 is 11.7 Å². The first-order chi connectivity index (χ1) is 14.6. The second-order valence-electron chi connectivity index (χ2n) is 7.36. The number of aromatic nitrogens is 3. The molecule has 3 aromatic rings. The number of fused-ring (bicyclic) bond motifs is 1. The van der Waals surface area contributed by atoms with E-state index in [1.807, 2.05) is 13.8 Å². The first-order valence-corrected chi connectivity index (χ1v) is 10.2. The molecule has 6 nitrogen and oxygen atoms in total. The van der Waals surface area contributed by atoms with Gasteiger partial charge in [-0.25, -0.2) is 4.98 Å². The molecule has 0 aliphatic carbocycles. The van der Waals surface area contributed by atoms with Crippen LogP contribution in [0.2, 0.25) is 5.02 Å². The Labute approximate surface area is 181 Å². The molecule has 1 unspecified atom stereocenters. The molecule has 1 amide bonds. The van der Waals surface area contributed by atoms with Crippen LogP contribution in [-0.4, -0.2) is 38.4 Å². The number of carbonyl (C=O) groups is 1. The lowest BCUT2D eigenvalue weighted by molar-refractivity contribution is -0.137. The fourth-order valence-electron chi connectivity index (χ4n) is 3.29. The fraction of sp³-hybridized carbons (Fsp3) is 0.381. The fourth-order valence-corrected chi connectivity index (χ4v) is 3.47. The number of likely N-dealkylation sites (N-methyl/N-ethyl adjacent to an activating group) is 1. The maximum absolute atomic E-state index is 12.9. The number of carbonyl (C=O) groups excluding carboxylic acids is 1. The lowest BCUT2D eigenvalue weighted by atomic mass is 10.0. The summed E-state index contributed by atoms with van der Waals surface area (Å²) in [5.41, 5.74) is 0.0261. The molecule has 1 N–H and O–H groups in total. The third-order valence-electron chi connectivity index (χ3n) is 5.17. The van der Waals surface area contributed by atoms with Gasteiger partial charge in [0, 0.05) is 42.6 Å². The molecule has 3 heterocycles. The Balaban J connectivity index is 1.66. The van der Waals surface area contributed by atoms with E-state index in [0.717, 1.165) is 18.0 Å². The number of H-pyrrole nitrogens is 1. The second-order valence-corrected chi connectivity index (χ2v) is 7.80. The summed E-state index contributed by atoms with van der Waals surface area (Å²) in [6.07, 6.45) is -1.63. The van der Waals surface area contributed by atoms with E-state index in [1.54, 1.807) is 11.0 Å². The van der Waals surface area contributed by atoms with Gasteiger partial charge in [0.05, 0.1) is 10.6 Å². The number of nitrogens with zero attached hydrogens (tertiary/aromatic N) is 3. The van der Waals surface area contributed by atoms with E-state index in [1.165, 1.54) is 22.9 Å². The zero-order valence-electron chi connectivity index (χ0n) is 17.0. The maximum Gasteiger partial charge on any atom is 0.417 e. The van der Waals surface area contributed by atoms with Crippen LogP contribution < -0.4 is 5.56 Å². The Bertz CT molecular complexity index is 1140. The summed E-state index contributed by atoms with van der Waals surface area (Å²) in [6.45, 7) is 4.55. The number of halogens is 4. The van der Waals surface area contributed by atoms with Gasteiger partial charge in [0.2, 0.25) is 5.91 Å². The van der Waals surface area contributed by atoms with Crippen LogP contribution in [0.15, 0.2) is 41.5 Å². The van der Waals surface area contributed by atoms with Gasteiger partial charge in [-0.05, 0) is 37.5 Å². The Kier molecular flexibility index (Phi) is 6.74. The molecule has 0 fully saturated rings. The minimum atomic E-state index is -4.45. The highest BCUT2D eigenvalue weighted by Gasteiger charge is 2.31. The van der Waals surface area contributed by atoms with Crippen molar-refractivity contribution in [2.24, 2.45) is 0 Å². The first kappa shape index (κ1) is 22.9. The molecular formula is C21H22ClF3N4O2. The maximum atomic E-state index is 12.9. The van der Waals surface area contributed by atoms with Crippen molar-refractivity contribution >= 4 is 28.5 Å². The van der Waals surface area contributed by atoms with Gasteiger partial charge in [0.15, 0.2) is 0 Å². The van der Waals surface area contributed by atoms with Crippen LogP contribution >= 0.6 is 11.6 Å². The van der Waals surface area contributed by atoms with E-state index >= 15 is 0 Å². The van der Waals surface area contributed by atoms with Crippen LogP contribution in [-0.2, 0) is 17.5 Å². The van der Waals surface area contributed by atoms with Crippen LogP contribution in [0.25, 0.3) is 11.0 Å². The average Bonchev–Trinajstić information content (AvgIpc) is 3.14. The lowest BCUT2D eigenvalue weighted by Gasteiger charge is -2.23. The zero-order valence-corrected chi connectivity index (χ0v) is 17.8. The Morgan fingerprint density at radius 2 is 2.06 bits per heavy atom. The summed E-state index contributed by atoms with van der Waals surface area (Å²) in [5.74, 6) is -0.258. The van der Waals surface area contributed by atoms with Gasteiger partial charge in [-0.2, -0.15) is 13.2 Å². The summed E-state index contributed by atoms with van der Waals surface area (Å²) in [5, 5.41) is 0.755. The minimum Gasteiger partial charge on any atom is -0.343 e. The summed E-state index contributed by atoms with van der Waals surface area (Å²) in [6, 6.07) is 5.50. The van der Waals surface area contributed by atoms with E-state index in [-0.39, 0.29) is 23.9 Å². The van der Waals surface area contributed by atoms with Crippen molar-refractivity contribution in [1.29, 1.82) is 0 Å². The number of aromatic amines is 1. The highest BCUT2D eigenvalue weighted by atomic mass is 35.5. The van der Waals surface area contributed by atoms with Crippen molar-refractivity contribution in [2.75, 3.05) is 13.1 Å². The number of hydrogen-bond donors (Lipinski definition) is 1. The largest absolute Gasteiger partial charge is 0.417 e. The molecule has 166 valence electrons. The zero-order chi connectivity index (χ0) is 22.8. The van der Waals surface area contributed by atoms with Crippen molar-refractivity contribution in [3.63, 3.8) is 0 Å². The molecule has 0 bridgehead atoms. The summed E-state index contributed by atoms with van der Waals surface area (Å²) < 4.78 is 39.9. The average molecular weight is 455 g/mol. The van der Waals surface area contributed by atoms with Crippen LogP contribution in [0.4, 0.5) is 13.2 Å². The van der Waals surface area contributed by atoms with Gasteiger partial charge in [-0.1, -0.05) is 18.5 Å². The Morgan fingerprint density at radius 3 is 2.74 bits per heavy atom. The number of rotatable bonds is 7. The summed E-state index contributed by atoms with van der Waals surface area (Å²) >= 11 is 5.90. The highest BCUT2D eigenvalue weighted by molar-refractivity contribution is 6.30. The monoisotopic (exact) mass is 454 g/mol. The molecule has 0 aliphatic rings. The molecule has 0 aromatic carbocycles. The van der Waals surface area contributed by atoms with E-state index in [9.17, 15) is 22.8 Å². The quantitative estimate of drug-likeness (QED) is 0.573. The first-order valence-electron chi connectivity index (χ1n) is 9.78. The number of alkyl halides is 3. The molecule has 31 heavy (non-hydrogen) atoms. The molecule has 0 aliphatic heterocycles. The van der Waals surface area contributed by atoms with Gasteiger partial charge < -0.3 is 14.5 Å². The number of nitrogens with one attached hydrogen (secondary N) is 1. The predicted molar refractivity (Wildman–Crippen MR) is 112 cm³/mol. The van der Waals surface area contributed by atoms with Crippen molar-refractivity contribution in [3.05, 3.63) is 63.3 Å². The van der Waals surface area contributed by atoms with Crippen LogP contribution in [0.5, 0.6) is 0 Å². The van der Waals surface area contributed by atoms with Gasteiger partial charge in [-0.3, -0.25) is 9.59 Å². The van der Waals surface area contributed by atoms with Gasteiger partial charge in [0.1, 0.15) is 12.2 Å². The van der Waals surface area contributed by atoms with Crippen LogP contribution in [0.1, 0.15) is 37.4 Å². The van der Waals surface area contributed by atoms with Gasteiger partial charge in [-0.15, -0.1) is 0 Å². The van der Waals surface area contributed by atoms with Gasteiger partial charge >= 0.3 is 6.18 Å². The molecule has 0 saturated heterocycles. The van der Waals surface area contributed by atoms with Crippen molar-refractivity contribution in [1.82, 2.24) is 19.4 Å². The van der Waals surface area contributed by atoms with E-state index in [4.69, 9.17) is 11.6 Å². The Hall–Kier alpha value is -2.81. The third-order valence-corrected chi connectivity index (χ3v) is 5.39. The van der Waals surface area contributed by atoms with Crippen molar-refractivity contribution in [2.45, 2.75) is 38.9 Å². The molecule has 0 radical (unpaired) electrons. The van der Waals surface area contributed by atoms with E-state index in [2.05, 4.69) is 9.97 Å². The van der Waals surface area contributed by atoms with Crippen LogP contribution in [0, 0.1) is 0 Å². The van der Waals surface area contributed by atoms with Crippen LogP contribution in [0.3, 0.4) is 0 Å². The molecule has 1 atom stereocenters. The second kappa shape index (κ2) is 9.13. The Morgan fingerprint density at radius 1 is 1.32 bits per heavy atom. The molecule has 10 heteroatoms. The number of amides is 1. The van der Waals surface area contributed by atoms with Crippen molar-refractivity contribution in [3.8, 4) is 0 Å². The molecule has 0 saturated carbocycles. The lowest BCUT2D eigenvalue weighted by Crippen LogP contribution is -2.37. The minimum absolute atomic E-state index is 0.0423. The topological polar surface area (TPSA) is 71.0 Å². The highest BCUT2D eigenvalue weighted by Crippen LogP contribution is 2.31. The molecule has 3 rings (SSSR count). The van der Waals surface area contributed by atoms with Crippen molar-refractivity contribution < 1.29 is 18.0 Å². The smallest absolute Gasteiger partial charge is 0.343 e. The SMILES string of the molecule is CCN(CCC(C)c1cc2cc(C(F)(F)F)cnc2[nH]1)C(=O)Cn1cc(Cl)ccc1=O. The number of pyridine rings is 2. The van der Waals surface area contributed by atoms with Gasteiger partial charge in [0.25, 0.3) is 5.56 Å². The third kappa shape index (κ3) is 5.46. The molecule has 0 spiro atoms. The summed E-state index contributed by atoms with van der Waals surface area (Å²) in [4.78, 5) is 33.1. The summed E-state index contributed by atoms with van der Waals surface area (Å²) in [7, 11) is 0. The van der Waals surface area contributed by atoms with E-state index in [0.29, 0.717) is 35.6 Å². The molecule has 3 aromatic heterocycles. The molecular weight excluding hydrogens is 433 g/mol.